The van der Waals surface area contributed by atoms with Gasteiger partial charge in [-0.15, -0.1) is 0 Å². The molecule has 2 N–H and O–H groups in total. The van der Waals surface area contributed by atoms with E-state index in [9.17, 15) is 8.42 Å². The number of nitrogens with two attached hydrogens (primary N) is 1. The van der Waals surface area contributed by atoms with Crippen molar-refractivity contribution in [3.05, 3.63) is 35.9 Å². The van der Waals surface area contributed by atoms with E-state index in [2.05, 4.69) is 5.10 Å². The van der Waals surface area contributed by atoms with Gasteiger partial charge in [0.25, 0.3) is 0 Å². The first-order valence-corrected chi connectivity index (χ1v) is 6.30. The molecule has 0 saturated carbocycles. The minimum Gasteiger partial charge on any atom is -0.323 e. The van der Waals surface area contributed by atoms with Gasteiger partial charge in [-0.05, 0) is 5.56 Å². The summed E-state index contributed by atoms with van der Waals surface area (Å²) < 4.78 is 24.5. The fourth-order valence-electron chi connectivity index (χ4n) is 1.13. The fourth-order valence-corrected chi connectivity index (χ4v) is 1.97. The molecule has 0 atom stereocenters. The summed E-state index contributed by atoms with van der Waals surface area (Å²) in [5.41, 5.74) is 1.07. The lowest BCUT2D eigenvalue weighted by Crippen LogP contribution is -2.30. The monoisotopic (exact) mass is 241 g/mol. The van der Waals surface area contributed by atoms with Crippen LogP contribution in [0.2, 0.25) is 0 Å². The predicted molar refractivity (Wildman–Crippen MR) is 64.6 cm³/mol. The number of sulfonamides is 1. The molecule has 5 nitrogen and oxygen atoms in total. The van der Waals surface area contributed by atoms with E-state index in [1.165, 1.54) is 14.1 Å². The van der Waals surface area contributed by atoms with E-state index >= 15 is 0 Å². The highest BCUT2D eigenvalue weighted by Crippen LogP contribution is 2.05. The van der Waals surface area contributed by atoms with Crippen molar-refractivity contribution in [1.29, 1.82) is 0 Å². The van der Waals surface area contributed by atoms with Crippen LogP contribution in [0.3, 0.4) is 0 Å². The number of hydrogen-bond acceptors (Lipinski definition) is 4. The Hall–Kier alpha value is -1.40. The van der Waals surface area contributed by atoms with Crippen molar-refractivity contribution in [2.75, 3.05) is 19.8 Å². The highest BCUT2D eigenvalue weighted by molar-refractivity contribution is 7.89. The molecule has 0 aliphatic rings. The van der Waals surface area contributed by atoms with Crippen LogP contribution in [0.4, 0.5) is 0 Å². The van der Waals surface area contributed by atoms with Crippen molar-refractivity contribution >= 4 is 15.7 Å². The SMILES string of the molecule is CN(C)S(=O)(=O)CC(=NN)c1ccccc1. The van der Waals surface area contributed by atoms with Crippen LogP contribution < -0.4 is 5.84 Å². The molecule has 0 aromatic heterocycles. The maximum atomic E-state index is 11.7. The number of nitrogens with zero attached hydrogens (tertiary/aromatic N) is 2. The van der Waals surface area contributed by atoms with Gasteiger partial charge in [-0.3, -0.25) is 0 Å². The molecule has 88 valence electrons. The smallest absolute Gasteiger partial charge is 0.219 e. The first-order valence-electron chi connectivity index (χ1n) is 4.70. The largest absolute Gasteiger partial charge is 0.323 e. The molecule has 6 heteroatoms. The molecule has 1 aromatic rings. The number of hydrazone groups is 1. The molecule has 0 amide bonds. The molecule has 1 aromatic carbocycles. The Morgan fingerprint density at radius 1 is 1.31 bits per heavy atom. The molecule has 0 spiro atoms. The van der Waals surface area contributed by atoms with E-state index in [-0.39, 0.29) is 5.75 Å². The number of benzene rings is 1. The Bertz CT molecular complexity index is 466. The van der Waals surface area contributed by atoms with Crippen molar-refractivity contribution in [3.8, 4) is 0 Å². The summed E-state index contributed by atoms with van der Waals surface area (Å²) in [5.74, 6) is 5.02. The van der Waals surface area contributed by atoms with E-state index in [0.29, 0.717) is 5.71 Å². The van der Waals surface area contributed by atoms with Crippen LogP contribution in [-0.2, 0) is 10.0 Å². The zero-order valence-electron chi connectivity index (χ0n) is 9.29. The summed E-state index contributed by atoms with van der Waals surface area (Å²) in [7, 11) is -0.374. The van der Waals surface area contributed by atoms with Gasteiger partial charge in [0, 0.05) is 14.1 Å². The lowest BCUT2D eigenvalue weighted by molar-refractivity contribution is 0.525. The van der Waals surface area contributed by atoms with E-state index in [1.54, 1.807) is 12.1 Å². The van der Waals surface area contributed by atoms with Gasteiger partial charge < -0.3 is 5.84 Å². The molecule has 0 saturated heterocycles. The third-order valence-corrected chi connectivity index (χ3v) is 3.89. The molecule has 0 aliphatic heterocycles. The Kier molecular flexibility index (Phi) is 4.03. The molecule has 0 heterocycles. The molecular formula is C10H15N3O2S. The lowest BCUT2D eigenvalue weighted by Gasteiger charge is -2.12. The van der Waals surface area contributed by atoms with Gasteiger partial charge in [-0.25, -0.2) is 12.7 Å². The Morgan fingerprint density at radius 3 is 2.31 bits per heavy atom. The van der Waals surface area contributed by atoms with E-state index < -0.39 is 10.0 Å². The van der Waals surface area contributed by atoms with Crippen molar-refractivity contribution in [1.82, 2.24) is 4.31 Å². The molecule has 0 unspecified atom stereocenters. The predicted octanol–water partition coefficient (Wildman–Crippen LogP) is 0.241. The highest BCUT2D eigenvalue weighted by Gasteiger charge is 2.18. The number of rotatable bonds is 4. The zero-order chi connectivity index (χ0) is 12.2. The molecule has 0 fully saturated rings. The molecule has 0 bridgehead atoms. The van der Waals surface area contributed by atoms with Crippen molar-refractivity contribution in [2.45, 2.75) is 0 Å². The minimum atomic E-state index is -3.34. The number of hydrogen-bond donors (Lipinski definition) is 1. The highest BCUT2D eigenvalue weighted by atomic mass is 32.2. The minimum absolute atomic E-state index is 0.194. The third kappa shape index (κ3) is 3.04. The fraction of sp³-hybridized carbons (Fsp3) is 0.300. The van der Waals surface area contributed by atoms with E-state index in [4.69, 9.17) is 5.84 Å². The standard InChI is InChI=1S/C10H15N3O2S/c1-13(2)16(14,15)8-10(12-11)9-6-4-3-5-7-9/h3-7H,8,11H2,1-2H3. The second kappa shape index (κ2) is 5.09. The van der Waals surface area contributed by atoms with Crippen LogP contribution >= 0.6 is 0 Å². The van der Waals surface area contributed by atoms with E-state index in [1.807, 2.05) is 18.2 Å². The molecule has 16 heavy (non-hydrogen) atoms. The Balaban J connectivity index is 2.97. The summed E-state index contributed by atoms with van der Waals surface area (Å²) in [6, 6.07) is 9.01. The van der Waals surface area contributed by atoms with Crippen molar-refractivity contribution in [3.63, 3.8) is 0 Å². The summed E-state index contributed by atoms with van der Waals surface area (Å²) in [4.78, 5) is 0. The molecule has 1 rings (SSSR count). The lowest BCUT2D eigenvalue weighted by atomic mass is 10.1. The van der Waals surface area contributed by atoms with Crippen LogP contribution in [0.1, 0.15) is 5.56 Å². The first-order chi connectivity index (χ1) is 7.47. The second-order valence-corrected chi connectivity index (χ2v) is 5.66. The summed E-state index contributed by atoms with van der Waals surface area (Å²) in [6.07, 6.45) is 0. The average molecular weight is 241 g/mol. The normalized spacial score (nSPS) is 13.1. The topological polar surface area (TPSA) is 75.8 Å². The van der Waals surface area contributed by atoms with E-state index in [0.717, 1.165) is 9.87 Å². The Morgan fingerprint density at radius 2 is 1.88 bits per heavy atom. The van der Waals surface area contributed by atoms with Crippen molar-refractivity contribution in [2.24, 2.45) is 10.9 Å². The second-order valence-electron chi connectivity index (χ2n) is 3.48. The van der Waals surface area contributed by atoms with Gasteiger partial charge >= 0.3 is 0 Å². The summed E-state index contributed by atoms with van der Waals surface area (Å²) in [6.45, 7) is 0. The Labute approximate surface area is 95.6 Å². The van der Waals surface area contributed by atoms with Crippen LogP contribution in [0.15, 0.2) is 35.4 Å². The van der Waals surface area contributed by atoms with Gasteiger partial charge in [-0.2, -0.15) is 5.10 Å². The summed E-state index contributed by atoms with van der Waals surface area (Å²) >= 11 is 0. The van der Waals surface area contributed by atoms with Gasteiger partial charge in [0.05, 0.1) is 5.71 Å². The maximum absolute atomic E-state index is 11.7. The van der Waals surface area contributed by atoms with Crippen LogP contribution in [0, 0.1) is 0 Å². The maximum Gasteiger partial charge on any atom is 0.219 e. The van der Waals surface area contributed by atoms with Gasteiger partial charge in [0.1, 0.15) is 5.75 Å². The summed E-state index contributed by atoms with van der Waals surface area (Å²) in [5, 5.41) is 3.54. The van der Waals surface area contributed by atoms with Crippen LogP contribution in [-0.4, -0.2) is 38.3 Å². The van der Waals surface area contributed by atoms with Gasteiger partial charge in [0.15, 0.2) is 0 Å². The average Bonchev–Trinajstić information content (AvgIpc) is 2.27. The van der Waals surface area contributed by atoms with Gasteiger partial charge in [0.2, 0.25) is 10.0 Å². The zero-order valence-corrected chi connectivity index (χ0v) is 10.1. The van der Waals surface area contributed by atoms with Crippen molar-refractivity contribution < 1.29 is 8.42 Å². The molecule has 0 aliphatic carbocycles. The van der Waals surface area contributed by atoms with Gasteiger partial charge in [-0.1, -0.05) is 30.3 Å². The quantitative estimate of drug-likeness (QED) is 0.466. The van der Waals surface area contributed by atoms with Crippen LogP contribution in [0.25, 0.3) is 0 Å². The molecular weight excluding hydrogens is 226 g/mol. The van der Waals surface area contributed by atoms with Crippen LogP contribution in [0.5, 0.6) is 0 Å². The first kappa shape index (κ1) is 12.7. The third-order valence-electron chi connectivity index (χ3n) is 2.14. The molecule has 0 radical (unpaired) electrons.